The van der Waals surface area contributed by atoms with Crippen LogP contribution in [0.25, 0.3) is 10.9 Å². The number of nitrogens with one attached hydrogen (secondary N) is 1. The lowest BCUT2D eigenvalue weighted by atomic mass is 9.93. The lowest BCUT2D eigenvalue weighted by Gasteiger charge is -2.34. The Labute approximate surface area is 167 Å². The fraction of sp³-hybridized carbons (Fsp3) is 0.400. The molecule has 0 amide bonds. The summed E-state index contributed by atoms with van der Waals surface area (Å²) in [6, 6.07) is 7.92. The van der Waals surface area contributed by atoms with Crippen molar-refractivity contribution in [3.05, 3.63) is 52.2 Å². The number of aromatic nitrogens is 1. The van der Waals surface area contributed by atoms with E-state index < -0.39 is 11.9 Å². The molecule has 0 bridgehead atoms. The fourth-order valence-corrected chi connectivity index (χ4v) is 3.40. The van der Waals surface area contributed by atoms with E-state index in [1.807, 2.05) is 6.07 Å². The molecule has 3 N–H and O–H groups in total. The number of nitro groups is 1. The second-order valence-electron chi connectivity index (χ2n) is 7.14. The van der Waals surface area contributed by atoms with Gasteiger partial charge in [-0.05, 0) is 45.8 Å². The molecule has 1 saturated heterocycles. The van der Waals surface area contributed by atoms with E-state index >= 15 is 0 Å². The number of benzene rings is 1. The van der Waals surface area contributed by atoms with Crippen LogP contribution < -0.4 is 0 Å². The van der Waals surface area contributed by atoms with Crippen molar-refractivity contribution in [2.24, 2.45) is 0 Å². The van der Waals surface area contributed by atoms with Crippen LogP contribution in [0.3, 0.4) is 0 Å². The van der Waals surface area contributed by atoms with Gasteiger partial charge < -0.3 is 20.1 Å². The number of hydrogen-bond donors (Lipinski definition) is 3. The third-order valence-electron chi connectivity index (χ3n) is 4.92. The number of aromatic amines is 1. The van der Waals surface area contributed by atoms with Crippen molar-refractivity contribution >= 4 is 28.5 Å². The number of aliphatic carboxylic acids is 2. The van der Waals surface area contributed by atoms with E-state index in [2.05, 4.69) is 29.8 Å². The largest absolute Gasteiger partial charge is 0.478 e. The molecule has 1 aromatic heterocycles. The van der Waals surface area contributed by atoms with Gasteiger partial charge in [-0.1, -0.05) is 12.1 Å². The zero-order chi connectivity index (χ0) is 21.6. The summed E-state index contributed by atoms with van der Waals surface area (Å²) in [5, 5.41) is 27.7. The lowest BCUT2D eigenvalue weighted by molar-refractivity contribution is -0.383. The predicted molar refractivity (Wildman–Crippen MR) is 108 cm³/mol. The van der Waals surface area contributed by atoms with E-state index in [0.29, 0.717) is 29.6 Å². The topological polar surface area (TPSA) is 137 Å². The maximum atomic E-state index is 11.1. The van der Waals surface area contributed by atoms with Crippen molar-refractivity contribution in [3.63, 3.8) is 0 Å². The van der Waals surface area contributed by atoms with Gasteiger partial charge in [0.15, 0.2) is 0 Å². The normalized spacial score (nSPS) is 15.4. The number of nitrogens with zero attached hydrogens (tertiary/aromatic N) is 2. The minimum atomic E-state index is -1.26. The Kier molecular flexibility index (Phi) is 7.49. The van der Waals surface area contributed by atoms with Gasteiger partial charge >= 0.3 is 11.9 Å². The van der Waals surface area contributed by atoms with Crippen LogP contribution in [0.4, 0.5) is 5.69 Å². The van der Waals surface area contributed by atoms with E-state index in [0.717, 1.165) is 37.0 Å². The van der Waals surface area contributed by atoms with E-state index in [9.17, 15) is 19.7 Å². The third-order valence-corrected chi connectivity index (χ3v) is 4.92. The van der Waals surface area contributed by atoms with Crippen LogP contribution in [-0.2, 0) is 9.59 Å². The summed E-state index contributed by atoms with van der Waals surface area (Å²) in [6.45, 7) is 6.65. The van der Waals surface area contributed by atoms with E-state index in [1.165, 1.54) is 0 Å². The highest BCUT2D eigenvalue weighted by atomic mass is 16.6. The van der Waals surface area contributed by atoms with Crippen LogP contribution in [0, 0.1) is 10.1 Å². The maximum absolute atomic E-state index is 11.1. The Morgan fingerprint density at radius 3 is 2.28 bits per heavy atom. The highest BCUT2D eigenvalue weighted by Crippen LogP contribution is 2.33. The number of likely N-dealkylation sites (tertiary alicyclic amines) is 1. The molecule has 0 saturated carbocycles. The van der Waals surface area contributed by atoms with Crippen molar-refractivity contribution in [2.45, 2.75) is 38.6 Å². The van der Waals surface area contributed by atoms with Gasteiger partial charge in [-0.3, -0.25) is 10.1 Å². The zero-order valence-electron chi connectivity index (χ0n) is 16.4. The molecule has 2 heterocycles. The maximum Gasteiger partial charge on any atom is 0.328 e. The number of carboxylic acid groups (broad SMARTS) is 2. The SMILES string of the molecule is CC(C)N1CCC(c2cc3cccc([N+](=O)[O-])c3[nH]2)CC1.O=C(O)/C=C\C(=O)O. The number of carbonyl (C=O) groups is 2. The number of H-pyrrole nitrogens is 1. The Bertz CT molecular complexity index is 894. The number of para-hydroxylation sites is 1. The molecule has 9 nitrogen and oxygen atoms in total. The van der Waals surface area contributed by atoms with Crippen LogP contribution in [0.2, 0.25) is 0 Å². The molecular formula is C20H25N3O6. The monoisotopic (exact) mass is 403 g/mol. The predicted octanol–water partition coefficient (Wildman–Crippen LogP) is 3.38. The molecule has 0 radical (unpaired) electrons. The number of nitro benzene ring substituents is 1. The van der Waals surface area contributed by atoms with Crippen molar-refractivity contribution < 1.29 is 24.7 Å². The summed E-state index contributed by atoms with van der Waals surface area (Å²) in [5.41, 5.74) is 1.96. The Balaban J connectivity index is 0.000000321. The van der Waals surface area contributed by atoms with E-state index in [4.69, 9.17) is 10.2 Å². The van der Waals surface area contributed by atoms with Crippen molar-refractivity contribution in [1.29, 1.82) is 0 Å². The molecule has 1 aliphatic heterocycles. The number of non-ortho nitro benzene ring substituents is 1. The van der Waals surface area contributed by atoms with Crippen molar-refractivity contribution in [2.75, 3.05) is 13.1 Å². The quantitative estimate of drug-likeness (QED) is 0.395. The molecule has 156 valence electrons. The number of carboxylic acids is 2. The molecule has 1 aromatic carbocycles. The van der Waals surface area contributed by atoms with Crippen LogP contribution in [0.1, 0.15) is 38.3 Å². The molecule has 3 rings (SSSR count). The first-order valence-electron chi connectivity index (χ1n) is 9.33. The molecule has 9 heteroatoms. The molecule has 2 aromatic rings. The van der Waals surface area contributed by atoms with Crippen LogP contribution in [0.5, 0.6) is 0 Å². The summed E-state index contributed by atoms with van der Waals surface area (Å²) in [4.78, 5) is 35.7. The fourth-order valence-electron chi connectivity index (χ4n) is 3.40. The highest BCUT2D eigenvalue weighted by molar-refractivity contribution is 5.89. The second-order valence-corrected chi connectivity index (χ2v) is 7.14. The number of fused-ring (bicyclic) bond motifs is 1. The molecule has 0 spiro atoms. The minimum absolute atomic E-state index is 0.165. The van der Waals surface area contributed by atoms with E-state index in [-0.39, 0.29) is 10.6 Å². The lowest BCUT2D eigenvalue weighted by Crippen LogP contribution is -2.37. The molecule has 0 unspecified atom stereocenters. The van der Waals surface area contributed by atoms with Gasteiger partial charge in [0, 0.05) is 41.3 Å². The molecule has 0 atom stereocenters. The number of piperidine rings is 1. The first-order valence-corrected chi connectivity index (χ1v) is 9.33. The second kappa shape index (κ2) is 9.83. The van der Waals surface area contributed by atoms with E-state index in [1.54, 1.807) is 12.1 Å². The standard InChI is InChI=1S/C16H21N3O2.C4H4O4/c1-11(2)18-8-6-12(7-9-18)14-10-13-4-3-5-15(19(20)21)16(13)17-14;5-3(6)1-2-4(7)8/h3-5,10-12,17H,6-9H2,1-2H3;1-2H,(H,5,6)(H,7,8)/b;2-1-. The summed E-state index contributed by atoms with van der Waals surface area (Å²) in [7, 11) is 0. The summed E-state index contributed by atoms with van der Waals surface area (Å²) >= 11 is 0. The van der Waals surface area contributed by atoms with Gasteiger partial charge in [0.1, 0.15) is 5.52 Å². The summed E-state index contributed by atoms with van der Waals surface area (Å²) in [5.74, 6) is -2.04. The number of rotatable bonds is 5. The third kappa shape index (κ3) is 6.15. The van der Waals surface area contributed by atoms with Gasteiger partial charge in [-0.25, -0.2) is 9.59 Å². The molecule has 29 heavy (non-hydrogen) atoms. The van der Waals surface area contributed by atoms with Gasteiger partial charge in [0.2, 0.25) is 0 Å². The first-order chi connectivity index (χ1) is 13.7. The molecule has 1 fully saturated rings. The molecule has 0 aliphatic carbocycles. The van der Waals surface area contributed by atoms with Crippen molar-refractivity contribution in [3.8, 4) is 0 Å². The smallest absolute Gasteiger partial charge is 0.328 e. The van der Waals surface area contributed by atoms with Crippen LogP contribution in [0.15, 0.2) is 36.4 Å². The molecular weight excluding hydrogens is 378 g/mol. The van der Waals surface area contributed by atoms with Gasteiger partial charge in [-0.2, -0.15) is 0 Å². The van der Waals surface area contributed by atoms with Gasteiger partial charge in [-0.15, -0.1) is 0 Å². The van der Waals surface area contributed by atoms with Crippen LogP contribution in [-0.4, -0.2) is 56.1 Å². The summed E-state index contributed by atoms with van der Waals surface area (Å²) in [6.07, 6.45) is 3.34. The van der Waals surface area contributed by atoms with Crippen molar-refractivity contribution in [1.82, 2.24) is 9.88 Å². The first kappa shape index (κ1) is 22.1. The number of hydrogen-bond acceptors (Lipinski definition) is 5. The Morgan fingerprint density at radius 2 is 1.79 bits per heavy atom. The highest BCUT2D eigenvalue weighted by Gasteiger charge is 2.24. The van der Waals surface area contributed by atoms with Gasteiger partial charge in [0.25, 0.3) is 5.69 Å². The molecule has 1 aliphatic rings. The zero-order valence-corrected chi connectivity index (χ0v) is 16.4. The Morgan fingerprint density at radius 1 is 1.21 bits per heavy atom. The average molecular weight is 403 g/mol. The minimum Gasteiger partial charge on any atom is -0.478 e. The van der Waals surface area contributed by atoms with Gasteiger partial charge in [0.05, 0.1) is 4.92 Å². The van der Waals surface area contributed by atoms with Crippen LogP contribution >= 0.6 is 0 Å². The summed E-state index contributed by atoms with van der Waals surface area (Å²) < 4.78 is 0. The average Bonchev–Trinajstić information content (AvgIpc) is 3.11. The Hall–Kier alpha value is -3.20.